The molecule has 0 heterocycles. The fraction of sp³-hybridized carbons (Fsp3) is 0.520. The highest BCUT2D eigenvalue weighted by molar-refractivity contribution is 5.85. The van der Waals surface area contributed by atoms with E-state index in [1.54, 1.807) is 0 Å². The molecule has 1 atom stereocenters. The molecule has 0 bridgehead atoms. The Labute approximate surface area is 178 Å². The minimum absolute atomic E-state index is 0. The van der Waals surface area contributed by atoms with E-state index in [9.17, 15) is 0 Å². The summed E-state index contributed by atoms with van der Waals surface area (Å²) >= 11 is 0. The molecule has 0 amide bonds. The Balaban J connectivity index is 0.00000392. The van der Waals surface area contributed by atoms with Crippen molar-refractivity contribution in [2.24, 2.45) is 17.6 Å². The Morgan fingerprint density at radius 1 is 0.857 bits per heavy atom. The second kappa shape index (κ2) is 10.9. The van der Waals surface area contributed by atoms with Crippen LogP contribution in [0.1, 0.15) is 74.9 Å². The minimum Gasteiger partial charge on any atom is -0.457 e. The molecule has 2 aromatic rings. The molecule has 156 valence electrons. The predicted molar refractivity (Wildman–Crippen MR) is 124 cm³/mol. The summed E-state index contributed by atoms with van der Waals surface area (Å²) in [5.41, 5.74) is 13.3. The number of hydrogen-bond acceptors (Lipinski definition) is 2. The Morgan fingerprint density at radius 2 is 1.39 bits per heavy atom. The standard InChI is InChI=1S/C25H37NO.ClH/c1-8-23(26)24-19(7)18(6)21(14-16(2)3)22(15-17(4)5)25(24)27-20-12-10-9-11-13-20;/h9-13,16-17,23H,8,14-15,26H2,1-7H3;1H. The highest BCUT2D eigenvalue weighted by atomic mass is 35.5. The minimum atomic E-state index is -0.0126. The van der Waals surface area contributed by atoms with Gasteiger partial charge in [0.25, 0.3) is 0 Å². The van der Waals surface area contributed by atoms with Crippen molar-refractivity contribution in [2.75, 3.05) is 0 Å². The number of ether oxygens (including phenoxy) is 1. The summed E-state index contributed by atoms with van der Waals surface area (Å²) in [6.07, 6.45) is 2.98. The van der Waals surface area contributed by atoms with Crippen molar-refractivity contribution in [3.63, 3.8) is 0 Å². The van der Waals surface area contributed by atoms with Crippen LogP contribution in [0.3, 0.4) is 0 Å². The van der Waals surface area contributed by atoms with Crippen molar-refractivity contribution in [3.05, 3.63) is 58.1 Å². The van der Waals surface area contributed by atoms with Gasteiger partial charge in [-0.05, 0) is 79.3 Å². The number of nitrogens with two attached hydrogens (primary N) is 1. The first-order chi connectivity index (χ1) is 12.8. The van der Waals surface area contributed by atoms with Gasteiger partial charge in [0.1, 0.15) is 11.5 Å². The number of halogens is 1. The molecule has 0 saturated heterocycles. The van der Waals surface area contributed by atoms with Crippen LogP contribution in [0.4, 0.5) is 0 Å². The van der Waals surface area contributed by atoms with Crippen LogP contribution < -0.4 is 10.5 Å². The van der Waals surface area contributed by atoms with Gasteiger partial charge in [0.15, 0.2) is 0 Å². The van der Waals surface area contributed by atoms with E-state index in [0.29, 0.717) is 11.8 Å². The molecule has 2 rings (SSSR count). The Kier molecular flexibility index (Phi) is 9.53. The number of para-hydroxylation sites is 1. The maximum Gasteiger partial charge on any atom is 0.135 e. The van der Waals surface area contributed by atoms with Gasteiger partial charge in [0.05, 0.1) is 0 Å². The largest absolute Gasteiger partial charge is 0.457 e. The summed E-state index contributed by atoms with van der Waals surface area (Å²) in [4.78, 5) is 0. The molecule has 3 heteroatoms. The SMILES string of the molecule is CCC(N)c1c(C)c(C)c(CC(C)C)c(CC(C)C)c1Oc1ccccc1.Cl. The molecule has 2 N–H and O–H groups in total. The van der Waals surface area contributed by atoms with Gasteiger partial charge in [-0.25, -0.2) is 0 Å². The van der Waals surface area contributed by atoms with Crippen LogP contribution in [0.25, 0.3) is 0 Å². The number of benzene rings is 2. The molecule has 28 heavy (non-hydrogen) atoms. The molecule has 0 fully saturated rings. The van der Waals surface area contributed by atoms with E-state index in [2.05, 4.69) is 48.5 Å². The van der Waals surface area contributed by atoms with E-state index in [1.807, 2.05) is 30.3 Å². The predicted octanol–water partition coefficient (Wildman–Crippen LogP) is 7.32. The van der Waals surface area contributed by atoms with Gasteiger partial charge in [-0.2, -0.15) is 0 Å². The summed E-state index contributed by atoms with van der Waals surface area (Å²) in [7, 11) is 0. The van der Waals surface area contributed by atoms with Crippen LogP contribution in [0.2, 0.25) is 0 Å². The summed E-state index contributed by atoms with van der Waals surface area (Å²) in [5, 5.41) is 0. The van der Waals surface area contributed by atoms with Gasteiger partial charge < -0.3 is 10.5 Å². The van der Waals surface area contributed by atoms with Crippen LogP contribution >= 0.6 is 12.4 Å². The van der Waals surface area contributed by atoms with Crippen LogP contribution in [-0.4, -0.2) is 0 Å². The van der Waals surface area contributed by atoms with Crippen molar-refractivity contribution >= 4 is 12.4 Å². The van der Waals surface area contributed by atoms with Crippen LogP contribution in [0.5, 0.6) is 11.5 Å². The molecule has 0 radical (unpaired) electrons. The molecular weight excluding hydrogens is 366 g/mol. The van der Waals surface area contributed by atoms with Crippen molar-refractivity contribution in [1.82, 2.24) is 0 Å². The molecule has 0 aliphatic heterocycles. The van der Waals surface area contributed by atoms with Gasteiger partial charge in [-0.15, -0.1) is 12.4 Å². The van der Waals surface area contributed by atoms with E-state index < -0.39 is 0 Å². The van der Waals surface area contributed by atoms with E-state index in [0.717, 1.165) is 30.8 Å². The number of hydrogen-bond donors (Lipinski definition) is 1. The Hall–Kier alpha value is -1.51. The van der Waals surface area contributed by atoms with E-state index >= 15 is 0 Å². The van der Waals surface area contributed by atoms with Crippen LogP contribution in [-0.2, 0) is 12.8 Å². The first-order valence-electron chi connectivity index (χ1n) is 10.4. The van der Waals surface area contributed by atoms with E-state index in [-0.39, 0.29) is 18.4 Å². The summed E-state index contributed by atoms with van der Waals surface area (Å²) in [6.45, 7) is 15.8. The molecule has 0 aliphatic rings. The second-order valence-corrected chi connectivity index (χ2v) is 8.58. The molecule has 0 aliphatic carbocycles. The van der Waals surface area contributed by atoms with Gasteiger partial charge in [-0.3, -0.25) is 0 Å². The lowest BCUT2D eigenvalue weighted by molar-refractivity contribution is 0.453. The number of rotatable bonds is 8. The van der Waals surface area contributed by atoms with Crippen LogP contribution in [0, 0.1) is 25.7 Å². The summed E-state index contributed by atoms with van der Waals surface area (Å²) < 4.78 is 6.54. The first-order valence-corrected chi connectivity index (χ1v) is 10.4. The lowest BCUT2D eigenvalue weighted by Gasteiger charge is -2.28. The van der Waals surface area contributed by atoms with Gasteiger partial charge in [0, 0.05) is 11.6 Å². The van der Waals surface area contributed by atoms with Crippen molar-refractivity contribution in [1.29, 1.82) is 0 Å². The molecule has 0 spiro atoms. The molecule has 0 aromatic heterocycles. The highest BCUT2D eigenvalue weighted by Gasteiger charge is 2.25. The zero-order chi connectivity index (χ0) is 20.1. The molecule has 2 nitrogen and oxygen atoms in total. The van der Waals surface area contributed by atoms with E-state index in [1.165, 1.54) is 27.8 Å². The van der Waals surface area contributed by atoms with Gasteiger partial charge in [0.2, 0.25) is 0 Å². The fourth-order valence-corrected chi connectivity index (χ4v) is 3.81. The van der Waals surface area contributed by atoms with Crippen molar-refractivity contribution in [2.45, 2.75) is 73.8 Å². The Bertz CT molecular complexity index is 753. The van der Waals surface area contributed by atoms with E-state index in [4.69, 9.17) is 10.5 Å². The van der Waals surface area contributed by atoms with Gasteiger partial charge >= 0.3 is 0 Å². The lowest BCUT2D eigenvalue weighted by Crippen LogP contribution is -2.17. The third-order valence-corrected chi connectivity index (χ3v) is 5.30. The van der Waals surface area contributed by atoms with Crippen molar-refractivity contribution in [3.8, 4) is 11.5 Å². The quantitative estimate of drug-likeness (QED) is 0.500. The van der Waals surface area contributed by atoms with Crippen LogP contribution in [0.15, 0.2) is 30.3 Å². The zero-order valence-corrected chi connectivity index (χ0v) is 19.5. The topological polar surface area (TPSA) is 35.2 Å². The maximum absolute atomic E-state index is 6.59. The molecular formula is C25H38ClNO. The maximum atomic E-state index is 6.59. The third-order valence-electron chi connectivity index (χ3n) is 5.30. The molecule has 2 aromatic carbocycles. The smallest absolute Gasteiger partial charge is 0.135 e. The average Bonchev–Trinajstić information content (AvgIpc) is 2.62. The Morgan fingerprint density at radius 3 is 1.89 bits per heavy atom. The summed E-state index contributed by atoms with van der Waals surface area (Å²) in [6, 6.07) is 10.1. The van der Waals surface area contributed by atoms with Crippen molar-refractivity contribution < 1.29 is 4.74 Å². The first kappa shape index (κ1) is 24.5. The van der Waals surface area contributed by atoms with Gasteiger partial charge in [-0.1, -0.05) is 52.8 Å². The highest BCUT2D eigenvalue weighted by Crippen LogP contribution is 2.42. The fourth-order valence-electron chi connectivity index (χ4n) is 3.81. The second-order valence-electron chi connectivity index (χ2n) is 8.58. The normalized spacial score (nSPS) is 12.2. The third kappa shape index (κ3) is 5.75. The average molecular weight is 404 g/mol. The zero-order valence-electron chi connectivity index (χ0n) is 18.6. The lowest BCUT2D eigenvalue weighted by atomic mass is 9.82. The molecule has 0 saturated carbocycles. The monoisotopic (exact) mass is 403 g/mol. The molecule has 1 unspecified atom stereocenters. The summed E-state index contributed by atoms with van der Waals surface area (Å²) in [5.74, 6) is 3.04.